The van der Waals surface area contributed by atoms with Gasteiger partial charge in [0.1, 0.15) is 11.4 Å². The molecular weight excluding hydrogens is 407 g/mol. The lowest BCUT2D eigenvalue weighted by atomic mass is 9.78. The van der Waals surface area contributed by atoms with E-state index in [9.17, 15) is 9.18 Å². The highest BCUT2D eigenvalue weighted by molar-refractivity contribution is 5.90. The van der Waals surface area contributed by atoms with E-state index in [0.717, 1.165) is 37.9 Å². The fourth-order valence-electron chi connectivity index (χ4n) is 4.59. The topological polar surface area (TPSA) is 67.3 Å². The minimum absolute atomic E-state index is 0.254. The molecule has 3 aromatic rings. The molecule has 0 bridgehead atoms. The first kappa shape index (κ1) is 20.4. The Morgan fingerprint density at radius 1 is 1.03 bits per heavy atom. The third kappa shape index (κ3) is 4.15. The standard InChI is InChI=1S/C25H25FN4O2/c26-22-9-5-4-8-21(22)19-15-28-23(29-16-19)27-14-18-10-12-25(13-11-18)17-30(24(31)32-25)20-6-2-1-3-7-20/h1-9,15-16,18H,10-14,17H2,(H,27,28,29)/t18-,25-. The molecule has 2 aromatic carbocycles. The minimum Gasteiger partial charge on any atom is -0.441 e. The van der Waals surface area contributed by atoms with Gasteiger partial charge >= 0.3 is 6.09 Å². The molecule has 0 atom stereocenters. The highest BCUT2D eigenvalue weighted by Gasteiger charge is 2.47. The van der Waals surface area contributed by atoms with Gasteiger partial charge in [0, 0.05) is 35.8 Å². The van der Waals surface area contributed by atoms with Gasteiger partial charge in [-0.3, -0.25) is 4.90 Å². The lowest BCUT2D eigenvalue weighted by Gasteiger charge is -2.35. The summed E-state index contributed by atoms with van der Waals surface area (Å²) in [5.74, 6) is 0.708. The Morgan fingerprint density at radius 2 is 1.72 bits per heavy atom. The van der Waals surface area contributed by atoms with Crippen LogP contribution in [0.3, 0.4) is 0 Å². The van der Waals surface area contributed by atoms with Crippen LogP contribution in [0.2, 0.25) is 0 Å². The summed E-state index contributed by atoms with van der Waals surface area (Å²) in [7, 11) is 0. The number of para-hydroxylation sites is 1. The van der Waals surface area contributed by atoms with E-state index in [0.29, 0.717) is 29.5 Å². The molecule has 1 aliphatic heterocycles. The van der Waals surface area contributed by atoms with E-state index in [4.69, 9.17) is 4.74 Å². The van der Waals surface area contributed by atoms with Gasteiger partial charge in [-0.05, 0) is 49.8 Å². The molecule has 1 aliphatic carbocycles. The van der Waals surface area contributed by atoms with Crippen molar-refractivity contribution in [3.8, 4) is 11.1 Å². The molecule has 2 fully saturated rings. The van der Waals surface area contributed by atoms with Gasteiger partial charge in [-0.2, -0.15) is 0 Å². The number of rotatable bonds is 5. The molecule has 5 rings (SSSR count). The molecule has 32 heavy (non-hydrogen) atoms. The molecule has 6 nitrogen and oxygen atoms in total. The molecule has 1 N–H and O–H groups in total. The van der Waals surface area contributed by atoms with Crippen molar-refractivity contribution >= 4 is 17.7 Å². The first-order chi connectivity index (χ1) is 15.6. The molecule has 1 saturated carbocycles. The number of hydrogen-bond acceptors (Lipinski definition) is 5. The zero-order valence-electron chi connectivity index (χ0n) is 17.7. The summed E-state index contributed by atoms with van der Waals surface area (Å²) in [6.07, 6.45) is 6.66. The van der Waals surface area contributed by atoms with E-state index < -0.39 is 0 Å². The van der Waals surface area contributed by atoms with Crippen molar-refractivity contribution in [1.29, 1.82) is 0 Å². The molecule has 1 amide bonds. The van der Waals surface area contributed by atoms with Crippen LogP contribution < -0.4 is 10.2 Å². The molecular formula is C25H25FN4O2. The number of nitrogens with one attached hydrogen (secondary N) is 1. The zero-order chi connectivity index (χ0) is 22.0. The molecule has 2 aliphatic rings. The van der Waals surface area contributed by atoms with Crippen LogP contribution in [0.25, 0.3) is 11.1 Å². The van der Waals surface area contributed by atoms with Crippen molar-refractivity contribution in [2.45, 2.75) is 31.3 Å². The molecule has 7 heteroatoms. The average molecular weight is 432 g/mol. The van der Waals surface area contributed by atoms with Gasteiger partial charge in [0.15, 0.2) is 0 Å². The van der Waals surface area contributed by atoms with Crippen LogP contribution in [0.5, 0.6) is 0 Å². The molecule has 2 heterocycles. The fourth-order valence-corrected chi connectivity index (χ4v) is 4.59. The third-order valence-corrected chi connectivity index (χ3v) is 6.44. The Balaban J connectivity index is 1.14. The van der Waals surface area contributed by atoms with Gasteiger partial charge in [0.2, 0.25) is 5.95 Å². The van der Waals surface area contributed by atoms with Gasteiger partial charge in [0.25, 0.3) is 0 Å². The number of carbonyl (C=O) groups excluding carboxylic acids is 1. The number of nitrogens with zero attached hydrogens (tertiary/aromatic N) is 3. The number of carbonyl (C=O) groups is 1. The van der Waals surface area contributed by atoms with Gasteiger partial charge < -0.3 is 10.1 Å². The summed E-state index contributed by atoms with van der Waals surface area (Å²) in [4.78, 5) is 22.9. The first-order valence-electron chi connectivity index (χ1n) is 11.0. The van der Waals surface area contributed by atoms with Crippen molar-refractivity contribution in [1.82, 2.24) is 9.97 Å². The van der Waals surface area contributed by atoms with E-state index in [1.807, 2.05) is 30.3 Å². The van der Waals surface area contributed by atoms with Crippen LogP contribution >= 0.6 is 0 Å². The summed E-state index contributed by atoms with van der Waals surface area (Å²) in [5.41, 5.74) is 1.64. The van der Waals surface area contributed by atoms with Crippen molar-refractivity contribution in [2.24, 2.45) is 5.92 Å². The van der Waals surface area contributed by atoms with Gasteiger partial charge in [-0.25, -0.2) is 19.2 Å². The van der Waals surface area contributed by atoms with Crippen molar-refractivity contribution < 1.29 is 13.9 Å². The number of anilines is 2. The minimum atomic E-state index is -0.388. The molecule has 1 aromatic heterocycles. The first-order valence-corrected chi connectivity index (χ1v) is 11.0. The maximum Gasteiger partial charge on any atom is 0.415 e. The van der Waals surface area contributed by atoms with Crippen molar-refractivity contribution in [2.75, 3.05) is 23.3 Å². The van der Waals surface area contributed by atoms with Crippen molar-refractivity contribution in [3.05, 3.63) is 72.8 Å². The predicted octanol–water partition coefficient (Wildman–Crippen LogP) is 5.28. The Hall–Kier alpha value is -3.48. The predicted molar refractivity (Wildman–Crippen MR) is 121 cm³/mol. The SMILES string of the molecule is O=C1O[C@]2(CC[C@H](CNc3ncc(-c4ccccc4F)cn3)CC2)CN1c1ccccc1. The molecule has 0 radical (unpaired) electrons. The number of ether oxygens (including phenoxy) is 1. The number of aromatic nitrogens is 2. The van der Waals surface area contributed by atoms with Crippen LogP contribution in [0.1, 0.15) is 25.7 Å². The number of benzene rings is 2. The molecule has 0 unspecified atom stereocenters. The lowest BCUT2D eigenvalue weighted by Crippen LogP contribution is -2.39. The number of hydrogen-bond donors (Lipinski definition) is 1. The summed E-state index contributed by atoms with van der Waals surface area (Å²) in [5, 5.41) is 3.30. The Labute approximate surface area is 186 Å². The van der Waals surface area contributed by atoms with Crippen molar-refractivity contribution in [3.63, 3.8) is 0 Å². The Kier molecular flexibility index (Phi) is 5.47. The summed E-state index contributed by atoms with van der Waals surface area (Å²) in [6, 6.07) is 16.3. The second-order valence-electron chi connectivity index (χ2n) is 8.57. The maximum absolute atomic E-state index is 13.9. The number of amides is 1. The summed E-state index contributed by atoms with van der Waals surface area (Å²) in [6.45, 7) is 1.36. The van der Waals surface area contributed by atoms with Crippen LogP contribution in [-0.2, 0) is 4.74 Å². The maximum atomic E-state index is 13.9. The molecule has 164 valence electrons. The molecule has 1 spiro atoms. The molecule has 1 saturated heterocycles. The van der Waals surface area contributed by atoms with E-state index in [-0.39, 0.29) is 17.5 Å². The van der Waals surface area contributed by atoms with Gasteiger partial charge in [-0.1, -0.05) is 36.4 Å². The van der Waals surface area contributed by atoms with Gasteiger partial charge in [0.05, 0.1) is 6.54 Å². The van der Waals surface area contributed by atoms with Crippen LogP contribution in [0.15, 0.2) is 67.0 Å². The van der Waals surface area contributed by atoms with Crippen LogP contribution in [0.4, 0.5) is 20.8 Å². The smallest absolute Gasteiger partial charge is 0.415 e. The van der Waals surface area contributed by atoms with E-state index in [1.54, 1.807) is 35.5 Å². The highest BCUT2D eigenvalue weighted by Crippen LogP contribution is 2.40. The number of halogens is 1. The second kappa shape index (κ2) is 8.57. The summed E-state index contributed by atoms with van der Waals surface area (Å²) < 4.78 is 19.8. The normalized spacial score (nSPS) is 22.7. The van der Waals surface area contributed by atoms with E-state index in [2.05, 4.69) is 15.3 Å². The lowest BCUT2D eigenvalue weighted by molar-refractivity contribution is 0.0148. The van der Waals surface area contributed by atoms with Crippen LogP contribution in [0, 0.1) is 11.7 Å². The van der Waals surface area contributed by atoms with Crippen LogP contribution in [-0.4, -0.2) is 34.8 Å². The zero-order valence-corrected chi connectivity index (χ0v) is 17.7. The van der Waals surface area contributed by atoms with E-state index in [1.165, 1.54) is 6.07 Å². The third-order valence-electron chi connectivity index (χ3n) is 6.44. The second-order valence-corrected chi connectivity index (χ2v) is 8.57. The monoisotopic (exact) mass is 432 g/mol. The Bertz CT molecular complexity index is 1080. The highest BCUT2D eigenvalue weighted by atomic mass is 19.1. The largest absolute Gasteiger partial charge is 0.441 e. The van der Waals surface area contributed by atoms with Gasteiger partial charge in [-0.15, -0.1) is 0 Å². The Morgan fingerprint density at radius 3 is 2.44 bits per heavy atom. The quantitative estimate of drug-likeness (QED) is 0.594. The average Bonchev–Trinajstić information content (AvgIpc) is 3.16. The van der Waals surface area contributed by atoms with E-state index >= 15 is 0 Å². The summed E-state index contributed by atoms with van der Waals surface area (Å²) >= 11 is 0. The fraction of sp³-hybridized carbons (Fsp3) is 0.320.